The summed E-state index contributed by atoms with van der Waals surface area (Å²) in [6, 6.07) is 0.473. The predicted molar refractivity (Wildman–Crippen MR) is 34.4 cm³/mol. The van der Waals surface area contributed by atoms with E-state index in [-0.39, 0.29) is 18.2 Å². The summed E-state index contributed by atoms with van der Waals surface area (Å²) in [5, 5.41) is 0. The number of hydrogen-bond acceptors (Lipinski definition) is 3. The number of ether oxygens (including phenoxy) is 1. The largest absolute Gasteiger partial charge is 0.448 e. The van der Waals surface area contributed by atoms with Gasteiger partial charge in [-0.25, -0.2) is 4.79 Å². The molecule has 1 saturated heterocycles. The molecule has 0 spiro atoms. The van der Waals surface area contributed by atoms with Gasteiger partial charge in [-0.2, -0.15) is 0 Å². The van der Waals surface area contributed by atoms with Gasteiger partial charge in [-0.05, 0) is 6.42 Å². The maximum Gasteiger partial charge on any atom is 0.410 e. The molecule has 56 valence electrons. The van der Waals surface area contributed by atoms with Crippen molar-refractivity contribution >= 4 is 6.09 Å². The van der Waals surface area contributed by atoms with Crippen LogP contribution in [0.25, 0.3) is 0 Å². The average molecular weight is 142 g/mol. The molecule has 10 heavy (non-hydrogen) atoms. The molecule has 4 heteroatoms. The van der Waals surface area contributed by atoms with Crippen LogP contribution in [0.4, 0.5) is 4.79 Å². The third-order valence-electron chi connectivity index (χ3n) is 2.00. The highest BCUT2D eigenvalue weighted by molar-refractivity contribution is 5.70. The zero-order chi connectivity index (χ0) is 7.14. The summed E-state index contributed by atoms with van der Waals surface area (Å²) in [7, 11) is 0. The Bertz CT molecular complexity index is 171. The van der Waals surface area contributed by atoms with Gasteiger partial charge in [-0.1, -0.05) is 0 Å². The molecule has 2 atom stereocenters. The second kappa shape index (κ2) is 1.85. The summed E-state index contributed by atoms with van der Waals surface area (Å²) >= 11 is 0. The molecule has 2 N–H and O–H groups in total. The van der Waals surface area contributed by atoms with Gasteiger partial charge in [-0.15, -0.1) is 0 Å². The summed E-state index contributed by atoms with van der Waals surface area (Å²) in [5.74, 6) is 0. The van der Waals surface area contributed by atoms with E-state index in [0.717, 1.165) is 13.0 Å². The third-order valence-corrected chi connectivity index (χ3v) is 2.00. The quantitative estimate of drug-likeness (QED) is 0.539. The summed E-state index contributed by atoms with van der Waals surface area (Å²) < 4.78 is 4.75. The van der Waals surface area contributed by atoms with Gasteiger partial charge in [0.05, 0.1) is 12.6 Å². The van der Waals surface area contributed by atoms with E-state index in [9.17, 15) is 4.79 Å². The Balaban J connectivity index is 1.98. The first-order chi connectivity index (χ1) is 4.79. The van der Waals surface area contributed by atoms with Crippen LogP contribution in [0.2, 0.25) is 0 Å². The number of hydrogen-bond donors (Lipinski definition) is 1. The van der Waals surface area contributed by atoms with Crippen molar-refractivity contribution in [1.82, 2.24) is 4.90 Å². The molecule has 1 aliphatic heterocycles. The second-order valence-corrected chi connectivity index (χ2v) is 2.77. The van der Waals surface area contributed by atoms with Gasteiger partial charge in [0.1, 0.15) is 6.61 Å². The van der Waals surface area contributed by atoms with Gasteiger partial charge in [-0.3, -0.25) is 0 Å². The Kier molecular flexibility index (Phi) is 1.11. The lowest BCUT2D eigenvalue weighted by Crippen LogP contribution is -2.30. The molecule has 1 amide bonds. The van der Waals surface area contributed by atoms with Crippen LogP contribution in [-0.4, -0.2) is 36.2 Å². The van der Waals surface area contributed by atoms with E-state index in [1.807, 2.05) is 0 Å². The van der Waals surface area contributed by atoms with E-state index in [1.165, 1.54) is 0 Å². The van der Waals surface area contributed by atoms with Crippen LogP contribution < -0.4 is 5.73 Å². The molecule has 0 bridgehead atoms. The average Bonchev–Trinajstić information content (AvgIpc) is 2.42. The van der Waals surface area contributed by atoms with Crippen molar-refractivity contribution in [2.24, 2.45) is 5.73 Å². The molecule has 1 heterocycles. The van der Waals surface area contributed by atoms with Crippen molar-refractivity contribution in [1.29, 1.82) is 0 Å². The lowest BCUT2D eigenvalue weighted by atomic mass is 10.5. The Morgan fingerprint density at radius 3 is 2.80 bits per heavy atom. The number of rotatable bonds is 1. The molecule has 4 nitrogen and oxygen atoms in total. The maximum absolute atomic E-state index is 10.8. The van der Waals surface area contributed by atoms with Crippen LogP contribution in [0.15, 0.2) is 0 Å². The fraction of sp³-hybridized carbons (Fsp3) is 0.833. The fourth-order valence-electron chi connectivity index (χ4n) is 1.27. The zero-order valence-corrected chi connectivity index (χ0v) is 5.62. The number of carbonyl (C=O) groups excluding carboxylic acids is 1. The van der Waals surface area contributed by atoms with Gasteiger partial charge in [0.25, 0.3) is 0 Å². The smallest absolute Gasteiger partial charge is 0.410 e. The molecule has 0 aromatic carbocycles. The van der Waals surface area contributed by atoms with Gasteiger partial charge in [0, 0.05) is 6.04 Å². The number of carbonyl (C=O) groups is 1. The fourth-order valence-corrected chi connectivity index (χ4v) is 1.27. The number of amides is 1. The monoisotopic (exact) mass is 142 g/mol. The minimum Gasteiger partial charge on any atom is -0.448 e. The van der Waals surface area contributed by atoms with E-state index in [1.54, 1.807) is 4.90 Å². The van der Waals surface area contributed by atoms with Crippen molar-refractivity contribution in [3.63, 3.8) is 0 Å². The van der Waals surface area contributed by atoms with E-state index >= 15 is 0 Å². The highest BCUT2D eigenvalue weighted by Gasteiger charge is 2.43. The Hall–Kier alpha value is -0.770. The summed E-state index contributed by atoms with van der Waals surface area (Å²) in [5.41, 5.74) is 5.56. The number of nitrogens with zero attached hydrogens (tertiary/aromatic N) is 1. The molecule has 2 unspecified atom stereocenters. The first kappa shape index (κ1) is 5.97. The minimum atomic E-state index is -0.196. The normalized spacial score (nSPS) is 38.1. The summed E-state index contributed by atoms with van der Waals surface area (Å²) in [6.45, 7) is 1.25. The van der Waals surface area contributed by atoms with Crippen LogP contribution in [0.5, 0.6) is 0 Å². The minimum absolute atomic E-state index is 0.196. The highest BCUT2D eigenvalue weighted by Crippen LogP contribution is 2.27. The van der Waals surface area contributed by atoms with Crippen molar-refractivity contribution in [3.8, 4) is 0 Å². The second-order valence-electron chi connectivity index (χ2n) is 2.77. The Morgan fingerprint density at radius 2 is 2.40 bits per heavy atom. The molecule has 2 aliphatic rings. The number of cyclic esters (lactones) is 1. The van der Waals surface area contributed by atoms with Crippen LogP contribution in [0.3, 0.4) is 0 Å². The third kappa shape index (κ3) is 0.759. The van der Waals surface area contributed by atoms with Gasteiger partial charge in [0.2, 0.25) is 0 Å². The molecule has 0 aromatic heterocycles. The van der Waals surface area contributed by atoms with Gasteiger partial charge < -0.3 is 15.4 Å². The topological polar surface area (TPSA) is 55.6 Å². The van der Waals surface area contributed by atoms with Crippen LogP contribution in [0, 0.1) is 0 Å². The summed E-state index contributed by atoms with van der Waals surface area (Å²) in [4.78, 5) is 12.6. The molecule has 0 radical (unpaired) electrons. The van der Waals surface area contributed by atoms with E-state index in [4.69, 9.17) is 10.5 Å². The van der Waals surface area contributed by atoms with E-state index in [2.05, 4.69) is 0 Å². The first-order valence-corrected chi connectivity index (χ1v) is 3.48. The van der Waals surface area contributed by atoms with E-state index < -0.39 is 0 Å². The van der Waals surface area contributed by atoms with Crippen LogP contribution in [0.1, 0.15) is 6.42 Å². The SMILES string of the molecule is NC1CC1N1CCOC1=O. The lowest BCUT2D eigenvalue weighted by Gasteiger charge is -2.09. The molecule has 2 fully saturated rings. The number of nitrogens with two attached hydrogens (primary N) is 1. The van der Waals surface area contributed by atoms with E-state index in [0.29, 0.717) is 6.61 Å². The molecule has 2 rings (SSSR count). The molecular formula is C6H10N2O2. The first-order valence-electron chi connectivity index (χ1n) is 3.48. The van der Waals surface area contributed by atoms with Crippen LogP contribution >= 0.6 is 0 Å². The lowest BCUT2D eigenvalue weighted by molar-refractivity contribution is 0.156. The van der Waals surface area contributed by atoms with Gasteiger partial charge in [0.15, 0.2) is 0 Å². The van der Waals surface area contributed by atoms with Crippen molar-refractivity contribution < 1.29 is 9.53 Å². The Morgan fingerprint density at radius 1 is 1.70 bits per heavy atom. The predicted octanol–water partition coefficient (Wildman–Crippen LogP) is -0.462. The molecule has 0 aromatic rings. The van der Waals surface area contributed by atoms with Crippen molar-refractivity contribution in [2.75, 3.05) is 13.2 Å². The Labute approximate surface area is 58.9 Å². The molecular weight excluding hydrogens is 132 g/mol. The molecule has 1 aliphatic carbocycles. The summed E-state index contributed by atoms with van der Waals surface area (Å²) in [6.07, 6.45) is 0.743. The zero-order valence-electron chi connectivity index (χ0n) is 5.62. The van der Waals surface area contributed by atoms with Crippen molar-refractivity contribution in [2.45, 2.75) is 18.5 Å². The highest BCUT2D eigenvalue weighted by atomic mass is 16.6. The van der Waals surface area contributed by atoms with Crippen LogP contribution in [-0.2, 0) is 4.74 Å². The van der Waals surface area contributed by atoms with Crippen molar-refractivity contribution in [3.05, 3.63) is 0 Å². The standard InChI is InChI=1S/C6H10N2O2/c7-4-3-5(4)8-1-2-10-6(8)9/h4-5H,1-3,7H2. The maximum atomic E-state index is 10.8. The van der Waals surface area contributed by atoms with Gasteiger partial charge >= 0.3 is 6.09 Å². The molecule has 1 saturated carbocycles.